The van der Waals surface area contributed by atoms with E-state index in [4.69, 9.17) is 9.57 Å². The average Bonchev–Trinajstić information content (AvgIpc) is 3.11. The lowest BCUT2D eigenvalue weighted by atomic mass is 10.1. The minimum Gasteiger partial charge on any atom is -0.445 e. The van der Waals surface area contributed by atoms with Gasteiger partial charge >= 0.3 is 6.09 Å². The highest BCUT2D eigenvalue weighted by Gasteiger charge is 2.28. The van der Waals surface area contributed by atoms with E-state index in [0.29, 0.717) is 6.42 Å². The summed E-state index contributed by atoms with van der Waals surface area (Å²) >= 11 is 1.60. The molecule has 0 saturated heterocycles. The molecule has 0 aliphatic carbocycles. The van der Waals surface area contributed by atoms with Gasteiger partial charge in [-0.2, -0.15) is 0 Å². The third-order valence-electron chi connectivity index (χ3n) is 3.77. The Morgan fingerprint density at radius 1 is 1.41 bits per heavy atom. The monoisotopic (exact) mass is 395 g/mol. The largest absolute Gasteiger partial charge is 0.445 e. The quantitative estimate of drug-likeness (QED) is 0.617. The van der Waals surface area contributed by atoms with Crippen LogP contribution in [0.15, 0.2) is 35.5 Å². The van der Waals surface area contributed by atoms with Gasteiger partial charge in [0, 0.05) is 6.42 Å². The number of carbonyl (C=O) groups is 2. The summed E-state index contributed by atoms with van der Waals surface area (Å²) < 4.78 is 5.09. The standard InChI is InChI=1S/C18H25N3O5S/c1-3-27-15-9-14(26-21-15)10-19-17(23)16(12(2)22)20-18(24)25-11-13-7-5-4-6-8-13/h4-8,12,14,16,22H,3,9-11H2,1-2H3,(H,19,23)(H,20,24)/t12-,14?,16+/m1/s1. The lowest BCUT2D eigenvalue weighted by Crippen LogP contribution is -2.53. The van der Waals surface area contributed by atoms with Crippen LogP contribution in [0.3, 0.4) is 0 Å². The van der Waals surface area contributed by atoms with E-state index >= 15 is 0 Å². The number of alkyl carbamates (subject to hydrolysis) is 1. The Bertz CT molecular complexity index is 654. The third-order valence-corrected chi connectivity index (χ3v) is 4.63. The fourth-order valence-corrected chi connectivity index (χ4v) is 3.12. The van der Waals surface area contributed by atoms with Crippen LogP contribution in [0.1, 0.15) is 25.8 Å². The van der Waals surface area contributed by atoms with Gasteiger partial charge in [0.1, 0.15) is 17.7 Å². The van der Waals surface area contributed by atoms with Gasteiger partial charge in [-0.25, -0.2) is 4.79 Å². The number of aliphatic hydroxyl groups is 1. The highest BCUT2D eigenvalue weighted by atomic mass is 32.2. The molecule has 3 atom stereocenters. The smallest absolute Gasteiger partial charge is 0.408 e. The maximum atomic E-state index is 12.3. The van der Waals surface area contributed by atoms with Crippen LogP contribution in [0.4, 0.5) is 4.79 Å². The summed E-state index contributed by atoms with van der Waals surface area (Å²) in [5, 5.41) is 19.7. The van der Waals surface area contributed by atoms with E-state index in [0.717, 1.165) is 16.4 Å². The predicted molar refractivity (Wildman–Crippen MR) is 103 cm³/mol. The van der Waals surface area contributed by atoms with E-state index in [1.165, 1.54) is 6.92 Å². The molecule has 9 heteroatoms. The number of ether oxygens (including phenoxy) is 1. The van der Waals surface area contributed by atoms with Gasteiger partial charge in [0.25, 0.3) is 0 Å². The molecular weight excluding hydrogens is 370 g/mol. The second kappa shape index (κ2) is 10.8. The van der Waals surface area contributed by atoms with E-state index in [1.54, 1.807) is 11.8 Å². The van der Waals surface area contributed by atoms with E-state index in [1.807, 2.05) is 37.3 Å². The van der Waals surface area contributed by atoms with Crippen molar-refractivity contribution in [1.29, 1.82) is 0 Å². The number of carbonyl (C=O) groups excluding carboxylic acids is 2. The first kappa shape index (κ1) is 21.0. The number of nitrogens with zero attached hydrogens (tertiary/aromatic N) is 1. The summed E-state index contributed by atoms with van der Waals surface area (Å²) in [5.41, 5.74) is 0.824. The Hall–Kier alpha value is -2.26. The maximum absolute atomic E-state index is 12.3. The molecule has 148 valence electrons. The van der Waals surface area contributed by atoms with Gasteiger partial charge in [-0.15, -0.1) is 11.8 Å². The number of amides is 2. The van der Waals surface area contributed by atoms with Gasteiger partial charge in [0.15, 0.2) is 6.10 Å². The Morgan fingerprint density at radius 3 is 2.81 bits per heavy atom. The molecule has 2 amide bonds. The topological polar surface area (TPSA) is 109 Å². The van der Waals surface area contributed by atoms with Crippen LogP contribution in [-0.4, -0.2) is 52.7 Å². The van der Waals surface area contributed by atoms with Crippen LogP contribution < -0.4 is 10.6 Å². The fraction of sp³-hybridized carbons (Fsp3) is 0.500. The van der Waals surface area contributed by atoms with Crippen LogP contribution in [0.2, 0.25) is 0 Å². The molecule has 1 aliphatic rings. The zero-order valence-corrected chi connectivity index (χ0v) is 16.2. The Labute approximate surface area is 162 Å². The number of nitrogens with one attached hydrogen (secondary N) is 2. The summed E-state index contributed by atoms with van der Waals surface area (Å²) in [6.07, 6.45) is -1.48. The molecule has 1 aromatic carbocycles. The van der Waals surface area contributed by atoms with Gasteiger partial charge in [-0.1, -0.05) is 42.4 Å². The van der Waals surface area contributed by atoms with E-state index in [-0.39, 0.29) is 19.3 Å². The summed E-state index contributed by atoms with van der Waals surface area (Å²) in [7, 11) is 0. The number of hydrogen-bond donors (Lipinski definition) is 3. The molecule has 2 rings (SSSR count). The molecule has 0 saturated carbocycles. The van der Waals surface area contributed by atoms with Crippen molar-refractivity contribution < 1.29 is 24.3 Å². The molecule has 0 spiro atoms. The summed E-state index contributed by atoms with van der Waals surface area (Å²) in [6, 6.07) is 8.05. The van der Waals surface area contributed by atoms with Crippen molar-refractivity contribution in [3.63, 3.8) is 0 Å². The molecule has 0 aromatic heterocycles. The van der Waals surface area contributed by atoms with Crippen LogP contribution >= 0.6 is 11.8 Å². The van der Waals surface area contributed by atoms with Crippen molar-refractivity contribution >= 4 is 28.8 Å². The molecule has 1 unspecified atom stereocenters. The van der Waals surface area contributed by atoms with Crippen LogP contribution in [0.25, 0.3) is 0 Å². The van der Waals surface area contributed by atoms with Crippen LogP contribution in [0, 0.1) is 0 Å². The Balaban J connectivity index is 1.76. The Kier molecular flexibility index (Phi) is 8.41. The third kappa shape index (κ3) is 7.10. The SMILES string of the molecule is CCSC1=NOC(CNC(=O)[C@@H](NC(=O)OCc2ccccc2)[C@@H](C)O)C1. The molecule has 1 aromatic rings. The van der Waals surface area contributed by atoms with E-state index in [9.17, 15) is 14.7 Å². The first-order valence-corrected chi connectivity index (χ1v) is 9.76. The summed E-state index contributed by atoms with van der Waals surface area (Å²) in [4.78, 5) is 29.5. The van der Waals surface area contributed by atoms with E-state index < -0.39 is 24.1 Å². The number of rotatable bonds is 8. The second-order valence-electron chi connectivity index (χ2n) is 6.02. The molecule has 0 bridgehead atoms. The molecule has 8 nitrogen and oxygen atoms in total. The molecule has 0 fully saturated rings. The van der Waals surface area contributed by atoms with Crippen LogP contribution in [0.5, 0.6) is 0 Å². The van der Waals surface area contributed by atoms with Crippen molar-refractivity contribution in [2.45, 2.75) is 45.1 Å². The minimum atomic E-state index is -1.12. The number of benzene rings is 1. The van der Waals surface area contributed by atoms with Gasteiger partial charge in [-0.05, 0) is 18.2 Å². The number of hydrogen-bond acceptors (Lipinski definition) is 7. The number of aliphatic hydroxyl groups excluding tert-OH is 1. The molecular formula is C18H25N3O5S. The molecule has 3 N–H and O–H groups in total. The zero-order chi connectivity index (χ0) is 19.6. The second-order valence-corrected chi connectivity index (χ2v) is 7.36. The molecule has 27 heavy (non-hydrogen) atoms. The maximum Gasteiger partial charge on any atom is 0.408 e. The molecule has 0 radical (unpaired) electrons. The lowest BCUT2D eigenvalue weighted by Gasteiger charge is -2.21. The lowest BCUT2D eigenvalue weighted by molar-refractivity contribution is -0.126. The van der Waals surface area contributed by atoms with Gasteiger partial charge in [-0.3, -0.25) is 4.79 Å². The predicted octanol–water partition coefficient (Wildman–Crippen LogP) is 1.63. The summed E-state index contributed by atoms with van der Waals surface area (Å²) in [6.45, 7) is 3.76. The van der Waals surface area contributed by atoms with E-state index in [2.05, 4.69) is 15.8 Å². The number of oxime groups is 1. The number of thioether (sulfide) groups is 1. The van der Waals surface area contributed by atoms with Crippen LogP contribution in [-0.2, 0) is 21.0 Å². The first-order valence-electron chi connectivity index (χ1n) is 8.78. The van der Waals surface area contributed by atoms with Crippen molar-refractivity contribution in [3.05, 3.63) is 35.9 Å². The average molecular weight is 395 g/mol. The van der Waals surface area contributed by atoms with Gasteiger partial charge in [0.05, 0.1) is 12.6 Å². The molecule has 1 heterocycles. The Morgan fingerprint density at radius 2 is 2.15 bits per heavy atom. The molecule has 1 aliphatic heterocycles. The van der Waals surface area contributed by atoms with Gasteiger partial charge in [0.2, 0.25) is 5.91 Å². The van der Waals surface area contributed by atoms with Crippen molar-refractivity contribution in [1.82, 2.24) is 10.6 Å². The fourth-order valence-electron chi connectivity index (χ4n) is 2.39. The van der Waals surface area contributed by atoms with Crippen molar-refractivity contribution in [2.75, 3.05) is 12.3 Å². The zero-order valence-electron chi connectivity index (χ0n) is 15.4. The summed E-state index contributed by atoms with van der Waals surface area (Å²) in [5.74, 6) is 0.391. The normalized spacial score (nSPS) is 18.0. The van der Waals surface area contributed by atoms with Gasteiger partial charge < -0.3 is 25.3 Å². The van der Waals surface area contributed by atoms with Crippen molar-refractivity contribution in [3.8, 4) is 0 Å². The highest BCUT2D eigenvalue weighted by Crippen LogP contribution is 2.18. The minimum absolute atomic E-state index is 0.0753. The highest BCUT2D eigenvalue weighted by molar-refractivity contribution is 8.13. The van der Waals surface area contributed by atoms with Crippen molar-refractivity contribution in [2.24, 2.45) is 5.16 Å². The first-order chi connectivity index (χ1) is 13.0.